The number of aliphatic hydroxyl groups excluding tert-OH is 1. The minimum atomic E-state index is -0.814. The molecule has 2 aromatic rings. The van der Waals surface area contributed by atoms with Crippen LogP contribution in [0.4, 0.5) is 4.39 Å². The standard InChI is InChI=1S/C18H20FNO3/c1-13(14-5-3-2-4-6-14)23-12-17(21)11-20-18(22)15-7-9-16(19)10-8-15/h2-10,13,17,21H,11-12H2,1H3,(H,20,22)/t13-,17+/m0/s1. The van der Waals surface area contributed by atoms with Gasteiger partial charge in [0.1, 0.15) is 5.82 Å². The van der Waals surface area contributed by atoms with Crippen molar-refractivity contribution in [2.75, 3.05) is 13.2 Å². The van der Waals surface area contributed by atoms with Crippen molar-refractivity contribution in [3.05, 3.63) is 71.5 Å². The zero-order valence-corrected chi connectivity index (χ0v) is 12.9. The van der Waals surface area contributed by atoms with Gasteiger partial charge in [0.05, 0.1) is 18.8 Å². The molecule has 4 nitrogen and oxygen atoms in total. The van der Waals surface area contributed by atoms with E-state index in [-0.39, 0.29) is 25.2 Å². The first-order valence-electron chi connectivity index (χ1n) is 7.44. The number of aliphatic hydroxyl groups is 1. The van der Waals surface area contributed by atoms with Crippen LogP contribution in [0.15, 0.2) is 54.6 Å². The van der Waals surface area contributed by atoms with E-state index in [1.807, 2.05) is 37.3 Å². The molecule has 0 saturated heterocycles. The predicted molar refractivity (Wildman–Crippen MR) is 85.5 cm³/mol. The van der Waals surface area contributed by atoms with Crippen LogP contribution < -0.4 is 5.32 Å². The molecule has 0 heterocycles. The molecule has 0 bridgehead atoms. The smallest absolute Gasteiger partial charge is 0.251 e. The van der Waals surface area contributed by atoms with Gasteiger partial charge in [0, 0.05) is 12.1 Å². The van der Waals surface area contributed by atoms with E-state index in [4.69, 9.17) is 4.74 Å². The van der Waals surface area contributed by atoms with Crippen LogP contribution in [0.3, 0.4) is 0 Å². The third kappa shape index (κ3) is 5.47. The van der Waals surface area contributed by atoms with E-state index in [9.17, 15) is 14.3 Å². The van der Waals surface area contributed by atoms with E-state index in [1.165, 1.54) is 24.3 Å². The summed E-state index contributed by atoms with van der Waals surface area (Å²) < 4.78 is 18.4. The maximum Gasteiger partial charge on any atom is 0.251 e. The maximum absolute atomic E-state index is 12.8. The van der Waals surface area contributed by atoms with Crippen LogP contribution in [0.2, 0.25) is 0 Å². The fraction of sp³-hybridized carbons (Fsp3) is 0.278. The molecule has 5 heteroatoms. The number of nitrogens with one attached hydrogen (secondary N) is 1. The SMILES string of the molecule is C[C@H](OC[C@H](O)CNC(=O)c1ccc(F)cc1)c1ccccc1. The van der Waals surface area contributed by atoms with Crippen LogP contribution in [0.25, 0.3) is 0 Å². The molecule has 0 unspecified atom stereocenters. The Balaban J connectivity index is 1.73. The lowest BCUT2D eigenvalue weighted by atomic mass is 10.1. The van der Waals surface area contributed by atoms with Gasteiger partial charge in [0.25, 0.3) is 5.91 Å². The van der Waals surface area contributed by atoms with Gasteiger partial charge in [-0.2, -0.15) is 0 Å². The summed E-state index contributed by atoms with van der Waals surface area (Å²) in [5.74, 6) is -0.759. The van der Waals surface area contributed by atoms with E-state index in [1.54, 1.807) is 0 Å². The topological polar surface area (TPSA) is 58.6 Å². The number of carbonyl (C=O) groups excluding carboxylic acids is 1. The molecule has 0 aromatic heterocycles. The van der Waals surface area contributed by atoms with Crippen molar-refractivity contribution in [1.29, 1.82) is 0 Å². The van der Waals surface area contributed by atoms with Gasteiger partial charge in [-0.1, -0.05) is 30.3 Å². The molecule has 0 aliphatic carbocycles. The molecule has 0 aliphatic rings. The van der Waals surface area contributed by atoms with Crippen LogP contribution in [0.5, 0.6) is 0 Å². The van der Waals surface area contributed by atoms with Gasteiger partial charge >= 0.3 is 0 Å². The third-order valence-electron chi connectivity index (χ3n) is 3.41. The van der Waals surface area contributed by atoms with Gasteiger partial charge in [-0.25, -0.2) is 4.39 Å². The first-order chi connectivity index (χ1) is 11.1. The third-order valence-corrected chi connectivity index (χ3v) is 3.41. The van der Waals surface area contributed by atoms with Crippen molar-refractivity contribution in [3.8, 4) is 0 Å². The summed E-state index contributed by atoms with van der Waals surface area (Å²) in [4.78, 5) is 11.8. The highest BCUT2D eigenvalue weighted by atomic mass is 19.1. The molecular weight excluding hydrogens is 297 g/mol. The monoisotopic (exact) mass is 317 g/mol. The van der Waals surface area contributed by atoms with Gasteiger partial charge < -0.3 is 15.2 Å². The number of hydrogen-bond donors (Lipinski definition) is 2. The normalized spacial score (nSPS) is 13.3. The van der Waals surface area contributed by atoms with Crippen LogP contribution in [0, 0.1) is 5.82 Å². The highest BCUT2D eigenvalue weighted by Gasteiger charge is 2.12. The number of carbonyl (C=O) groups is 1. The van der Waals surface area contributed by atoms with E-state index in [2.05, 4.69) is 5.32 Å². The zero-order valence-electron chi connectivity index (χ0n) is 12.9. The van der Waals surface area contributed by atoms with Crippen LogP contribution in [0.1, 0.15) is 28.9 Å². The second kappa shape index (κ2) is 8.41. The molecule has 0 aliphatic heterocycles. The summed E-state index contributed by atoms with van der Waals surface area (Å²) >= 11 is 0. The average molecular weight is 317 g/mol. The molecule has 2 aromatic carbocycles. The van der Waals surface area contributed by atoms with E-state index < -0.39 is 11.9 Å². The Bertz CT molecular complexity index is 616. The minimum Gasteiger partial charge on any atom is -0.389 e. The van der Waals surface area contributed by atoms with Crippen molar-refractivity contribution in [1.82, 2.24) is 5.32 Å². The highest BCUT2D eigenvalue weighted by molar-refractivity contribution is 5.94. The Hall–Kier alpha value is -2.24. The zero-order chi connectivity index (χ0) is 16.7. The molecular formula is C18H20FNO3. The van der Waals surface area contributed by atoms with Crippen molar-refractivity contribution in [3.63, 3.8) is 0 Å². The fourth-order valence-electron chi connectivity index (χ4n) is 2.05. The molecule has 0 fully saturated rings. The Morgan fingerprint density at radius 1 is 1.17 bits per heavy atom. The molecule has 23 heavy (non-hydrogen) atoms. The maximum atomic E-state index is 12.8. The average Bonchev–Trinajstić information content (AvgIpc) is 2.59. The number of rotatable bonds is 7. The van der Waals surface area contributed by atoms with Gasteiger partial charge in [0.2, 0.25) is 0 Å². The lowest BCUT2D eigenvalue weighted by Crippen LogP contribution is -2.34. The highest BCUT2D eigenvalue weighted by Crippen LogP contribution is 2.15. The molecule has 2 N–H and O–H groups in total. The van der Waals surface area contributed by atoms with Gasteiger partial charge in [0.15, 0.2) is 0 Å². The Morgan fingerprint density at radius 3 is 2.48 bits per heavy atom. The molecule has 122 valence electrons. The van der Waals surface area contributed by atoms with E-state index >= 15 is 0 Å². The number of benzene rings is 2. The Labute approximate surface area is 134 Å². The van der Waals surface area contributed by atoms with Crippen molar-refractivity contribution in [2.45, 2.75) is 19.1 Å². The van der Waals surface area contributed by atoms with Crippen molar-refractivity contribution in [2.24, 2.45) is 0 Å². The second-order valence-corrected chi connectivity index (χ2v) is 5.26. The van der Waals surface area contributed by atoms with Crippen LogP contribution in [-0.2, 0) is 4.74 Å². The molecule has 0 saturated carbocycles. The molecule has 2 rings (SSSR count). The lowest BCUT2D eigenvalue weighted by molar-refractivity contribution is -0.00171. The number of amides is 1. The largest absolute Gasteiger partial charge is 0.389 e. The molecule has 0 spiro atoms. The Kier molecular flexibility index (Phi) is 6.26. The van der Waals surface area contributed by atoms with Gasteiger partial charge in [-0.3, -0.25) is 4.79 Å². The number of hydrogen-bond acceptors (Lipinski definition) is 3. The quantitative estimate of drug-likeness (QED) is 0.825. The second-order valence-electron chi connectivity index (χ2n) is 5.26. The fourth-order valence-corrected chi connectivity index (χ4v) is 2.05. The van der Waals surface area contributed by atoms with Gasteiger partial charge in [-0.05, 0) is 36.8 Å². The van der Waals surface area contributed by atoms with Gasteiger partial charge in [-0.15, -0.1) is 0 Å². The Morgan fingerprint density at radius 2 is 1.83 bits per heavy atom. The molecule has 0 radical (unpaired) electrons. The van der Waals surface area contributed by atoms with E-state index in [0.29, 0.717) is 5.56 Å². The summed E-state index contributed by atoms with van der Waals surface area (Å²) in [5, 5.41) is 12.5. The van der Waals surface area contributed by atoms with Crippen LogP contribution in [-0.4, -0.2) is 30.3 Å². The summed E-state index contributed by atoms with van der Waals surface area (Å²) in [5.41, 5.74) is 1.37. The number of ether oxygens (including phenoxy) is 1. The summed E-state index contributed by atoms with van der Waals surface area (Å²) in [7, 11) is 0. The predicted octanol–water partition coefficient (Wildman–Crippen LogP) is 2.69. The van der Waals surface area contributed by atoms with Crippen molar-refractivity contribution < 1.29 is 19.0 Å². The van der Waals surface area contributed by atoms with Crippen molar-refractivity contribution >= 4 is 5.91 Å². The lowest BCUT2D eigenvalue weighted by Gasteiger charge is -2.17. The summed E-state index contributed by atoms with van der Waals surface area (Å²) in [6.07, 6.45) is -0.954. The number of halogens is 1. The molecule has 2 atom stereocenters. The van der Waals surface area contributed by atoms with E-state index in [0.717, 1.165) is 5.56 Å². The first kappa shape index (κ1) is 17.1. The molecule has 1 amide bonds. The first-order valence-corrected chi connectivity index (χ1v) is 7.44. The minimum absolute atomic E-state index is 0.0672. The summed E-state index contributed by atoms with van der Waals surface area (Å²) in [6.45, 7) is 2.08. The summed E-state index contributed by atoms with van der Waals surface area (Å²) in [6, 6.07) is 14.9. The van der Waals surface area contributed by atoms with Crippen LogP contribution >= 0.6 is 0 Å².